The highest BCUT2D eigenvalue weighted by Gasteiger charge is 2.33. The van der Waals surface area contributed by atoms with Gasteiger partial charge in [-0.25, -0.2) is 0 Å². The zero-order chi connectivity index (χ0) is 29.7. The van der Waals surface area contributed by atoms with E-state index in [0.717, 1.165) is 38.9 Å². The second-order valence-electron chi connectivity index (χ2n) is 9.86. The number of anilines is 2. The van der Waals surface area contributed by atoms with Gasteiger partial charge in [-0.05, 0) is 66.2 Å². The van der Waals surface area contributed by atoms with Crippen molar-refractivity contribution >= 4 is 52.1 Å². The van der Waals surface area contributed by atoms with Crippen LogP contribution >= 0.6 is 11.8 Å². The highest BCUT2D eigenvalue weighted by atomic mass is 32.2. The van der Waals surface area contributed by atoms with Crippen molar-refractivity contribution in [3.8, 4) is 0 Å². The Morgan fingerprint density at radius 3 is 2.69 bits per heavy atom. The Balaban J connectivity index is 1.18. The molecular formula is C31H29F3N6OS. The largest absolute Gasteiger partial charge is 0.416 e. The first-order chi connectivity index (χ1) is 20.2. The van der Waals surface area contributed by atoms with E-state index in [9.17, 15) is 18.0 Å². The average molecular weight is 591 g/mol. The molecule has 0 aliphatic carbocycles. The molecular weight excluding hydrogens is 561 g/mol. The van der Waals surface area contributed by atoms with Crippen LogP contribution in [-0.4, -0.2) is 45.5 Å². The molecule has 0 saturated heterocycles. The number of amides is 1. The molecule has 0 bridgehead atoms. The summed E-state index contributed by atoms with van der Waals surface area (Å²) in [5, 5.41) is 11.0. The van der Waals surface area contributed by atoms with Gasteiger partial charge in [0.15, 0.2) is 0 Å². The van der Waals surface area contributed by atoms with Gasteiger partial charge in [0.2, 0.25) is 5.91 Å². The molecule has 3 aromatic heterocycles. The molecule has 5 aromatic rings. The first-order valence-corrected chi connectivity index (χ1v) is 14.2. The van der Waals surface area contributed by atoms with Crippen molar-refractivity contribution < 1.29 is 18.0 Å². The van der Waals surface area contributed by atoms with Crippen molar-refractivity contribution in [3.63, 3.8) is 0 Å². The summed E-state index contributed by atoms with van der Waals surface area (Å²) in [6, 6.07) is 17.3. The van der Waals surface area contributed by atoms with E-state index in [1.807, 2.05) is 73.6 Å². The lowest BCUT2D eigenvalue weighted by atomic mass is 10.1. The van der Waals surface area contributed by atoms with E-state index in [-0.39, 0.29) is 30.1 Å². The van der Waals surface area contributed by atoms with Crippen LogP contribution in [0.2, 0.25) is 0 Å². The molecule has 42 heavy (non-hydrogen) atoms. The number of benzene rings is 2. The number of hydrogen-bond acceptors (Lipinski definition) is 5. The number of nitrogens with zero attached hydrogens (tertiary/aromatic N) is 4. The molecule has 3 heterocycles. The molecule has 11 heteroatoms. The molecule has 7 nitrogen and oxygen atoms in total. The van der Waals surface area contributed by atoms with Crippen LogP contribution in [0.25, 0.3) is 23.1 Å². The van der Waals surface area contributed by atoms with Gasteiger partial charge in [-0.3, -0.25) is 14.9 Å². The molecule has 2 aromatic carbocycles. The first-order valence-electron chi connectivity index (χ1n) is 13.2. The molecule has 0 saturated carbocycles. The number of thioether (sulfide) groups is 1. The molecule has 5 rings (SSSR count). The van der Waals surface area contributed by atoms with E-state index < -0.39 is 11.7 Å². The van der Waals surface area contributed by atoms with Crippen LogP contribution < -0.4 is 10.2 Å². The quantitative estimate of drug-likeness (QED) is 0.169. The van der Waals surface area contributed by atoms with Gasteiger partial charge in [0.1, 0.15) is 0 Å². The van der Waals surface area contributed by atoms with Gasteiger partial charge in [0.25, 0.3) is 0 Å². The predicted molar refractivity (Wildman–Crippen MR) is 163 cm³/mol. The van der Waals surface area contributed by atoms with Crippen LogP contribution in [0.3, 0.4) is 0 Å². The third-order valence-corrected chi connectivity index (χ3v) is 7.56. The van der Waals surface area contributed by atoms with Crippen molar-refractivity contribution in [1.29, 1.82) is 0 Å². The summed E-state index contributed by atoms with van der Waals surface area (Å²) >= 11 is 1.49. The van der Waals surface area contributed by atoms with Crippen molar-refractivity contribution in [2.24, 2.45) is 0 Å². The van der Waals surface area contributed by atoms with Gasteiger partial charge >= 0.3 is 6.18 Å². The SMILES string of the molecule is CN(C)c1ccn(Cc2ccc(NC(=O)CCSc3ccc4c(/C=C/c5ccccn5)n[nH]c4c3)cc2C(F)(F)F)c1. The number of aromatic nitrogens is 4. The second-order valence-corrected chi connectivity index (χ2v) is 11.0. The van der Waals surface area contributed by atoms with E-state index in [0.29, 0.717) is 5.75 Å². The number of rotatable bonds is 10. The topological polar surface area (TPSA) is 78.8 Å². The number of halogens is 3. The molecule has 0 spiro atoms. The predicted octanol–water partition coefficient (Wildman–Crippen LogP) is 7.18. The van der Waals surface area contributed by atoms with E-state index >= 15 is 0 Å². The molecule has 0 fully saturated rings. The van der Waals surface area contributed by atoms with Crippen molar-refractivity contribution in [3.05, 3.63) is 102 Å². The lowest BCUT2D eigenvalue weighted by Gasteiger charge is -2.16. The Morgan fingerprint density at radius 1 is 1.10 bits per heavy atom. The van der Waals surface area contributed by atoms with Gasteiger partial charge in [-0.1, -0.05) is 12.1 Å². The molecule has 0 aliphatic heterocycles. The minimum Gasteiger partial charge on any atom is -0.376 e. The summed E-state index contributed by atoms with van der Waals surface area (Å²) in [7, 11) is 3.74. The van der Waals surface area contributed by atoms with Gasteiger partial charge < -0.3 is 14.8 Å². The van der Waals surface area contributed by atoms with Gasteiger partial charge in [0, 0.05) is 67.4 Å². The summed E-state index contributed by atoms with van der Waals surface area (Å²) in [5.41, 5.74) is 2.87. The fourth-order valence-electron chi connectivity index (χ4n) is 4.40. The maximum atomic E-state index is 13.9. The van der Waals surface area contributed by atoms with E-state index in [1.165, 1.54) is 23.9 Å². The van der Waals surface area contributed by atoms with Gasteiger partial charge in [0.05, 0.1) is 28.2 Å². The maximum absolute atomic E-state index is 13.9. The monoisotopic (exact) mass is 590 g/mol. The number of H-pyrrole nitrogens is 1. The van der Waals surface area contributed by atoms with Crippen LogP contribution in [-0.2, 0) is 17.5 Å². The highest BCUT2D eigenvalue weighted by Crippen LogP contribution is 2.35. The normalized spacial score (nSPS) is 11.8. The number of fused-ring (bicyclic) bond motifs is 1. The molecule has 0 radical (unpaired) electrons. The minimum absolute atomic E-state index is 0.0657. The van der Waals surface area contributed by atoms with Crippen LogP contribution in [0.1, 0.15) is 28.9 Å². The summed E-state index contributed by atoms with van der Waals surface area (Å²) in [4.78, 5) is 19.7. The third kappa shape index (κ3) is 7.22. The fraction of sp³-hybridized carbons (Fsp3) is 0.194. The third-order valence-electron chi connectivity index (χ3n) is 6.56. The smallest absolute Gasteiger partial charge is 0.376 e. The molecule has 0 atom stereocenters. The fourth-order valence-corrected chi connectivity index (χ4v) is 5.29. The number of alkyl halides is 3. The number of aromatic amines is 1. The number of carbonyl (C=O) groups excluding carboxylic acids is 1. The first kappa shape index (κ1) is 29.0. The zero-order valence-corrected chi connectivity index (χ0v) is 23.8. The molecule has 1 amide bonds. The van der Waals surface area contributed by atoms with Crippen molar-refractivity contribution in [2.45, 2.75) is 24.0 Å². The van der Waals surface area contributed by atoms with Gasteiger partial charge in [-0.2, -0.15) is 18.3 Å². The summed E-state index contributed by atoms with van der Waals surface area (Å²) in [6.45, 7) is 0.0657. The van der Waals surface area contributed by atoms with Crippen LogP contribution in [0.5, 0.6) is 0 Å². The molecule has 0 unspecified atom stereocenters. The standard InChI is InChI=1S/C31H29F3N6OS/c1-39(2)24-12-15-40(20-24)19-21-6-7-23(17-27(21)31(32,33)34)36-30(41)13-16-42-25-9-10-26-28(37-38-29(26)18-25)11-8-22-5-3-4-14-35-22/h3-12,14-15,17-18,20H,13,16,19H2,1-2H3,(H,36,41)(H,37,38)/b11-8+. The Hall–Kier alpha value is -4.51. The van der Waals surface area contributed by atoms with Crippen molar-refractivity contribution in [1.82, 2.24) is 19.7 Å². The highest BCUT2D eigenvalue weighted by molar-refractivity contribution is 7.99. The Morgan fingerprint density at radius 2 is 1.95 bits per heavy atom. The summed E-state index contributed by atoms with van der Waals surface area (Å²) in [5.74, 6) is 0.109. The number of hydrogen-bond donors (Lipinski definition) is 2. The minimum atomic E-state index is -4.55. The Bertz CT molecular complexity index is 1710. The van der Waals surface area contributed by atoms with E-state index in [4.69, 9.17) is 0 Å². The maximum Gasteiger partial charge on any atom is 0.416 e. The average Bonchev–Trinajstić information content (AvgIpc) is 3.60. The number of carbonyl (C=O) groups is 1. The Kier molecular flexibility index (Phi) is 8.67. The van der Waals surface area contributed by atoms with Crippen LogP contribution in [0.4, 0.5) is 24.5 Å². The molecule has 2 N–H and O–H groups in total. The number of pyridine rings is 1. The number of nitrogens with one attached hydrogen (secondary N) is 2. The van der Waals surface area contributed by atoms with E-state index in [1.54, 1.807) is 23.2 Å². The lowest BCUT2D eigenvalue weighted by Crippen LogP contribution is -2.15. The Labute approximate surface area is 245 Å². The van der Waals surface area contributed by atoms with Gasteiger partial charge in [-0.15, -0.1) is 11.8 Å². The summed E-state index contributed by atoms with van der Waals surface area (Å²) < 4.78 is 43.3. The lowest BCUT2D eigenvalue weighted by molar-refractivity contribution is -0.138. The summed E-state index contributed by atoms with van der Waals surface area (Å²) in [6.07, 6.45) is 4.65. The second kappa shape index (κ2) is 12.6. The van der Waals surface area contributed by atoms with E-state index in [2.05, 4.69) is 20.5 Å². The van der Waals surface area contributed by atoms with Crippen LogP contribution in [0, 0.1) is 0 Å². The molecule has 216 valence electrons. The molecule has 0 aliphatic rings. The van der Waals surface area contributed by atoms with Crippen LogP contribution in [0.15, 0.2) is 84.1 Å². The zero-order valence-electron chi connectivity index (χ0n) is 23.0. The van der Waals surface area contributed by atoms with Crippen molar-refractivity contribution in [2.75, 3.05) is 30.1 Å².